The number of carbonyl (C=O) groups excluding carboxylic acids is 3. The van der Waals surface area contributed by atoms with Crippen LogP contribution in [0.2, 0.25) is 13.6 Å². The van der Waals surface area contributed by atoms with Crippen LogP contribution in [-0.2, 0) is 11.3 Å². The Kier molecular flexibility index (Phi) is 21.9. The molecule has 0 unspecified atom stereocenters. The summed E-state index contributed by atoms with van der Waals surface area (Å²) < 4.78 is 40.4. The molecule has 5 N–H and O–H groups in total. The number of benzene rings is 3. The first-order valence-corrected chi connectivity index (χ1v) is 29.0. The van der Waals surface area contributed by atoms with Crippen molar-refractivity contribution in [3.63, 3.8) is 0 Å². The van der Waals surface area contributed by atoms with Gasteiger partial charge >= 0.3 is 14.1 Å². The number of carbonyl (C=O) groups is 3. The van der Waals surface area contributed by atoms with Crippen molar-refractivity contribution in [2.24, 2.45) is 5.92 Å². The molecule has 3 amide bonds. The van der Waals surface area contributed by atoms with Gasteiger partial charge < -0.3 is 45.4 Å². The molecule has 4 aliphatic rings. The number of hydrogen-bond acceptors (Lipinski definition) is 13. The van der Waals surface area contributed by atoms with Gasteiger partial charge in [0.1, 0.15) is 34.7 Å². The lowest BCUT2D eigenvalue weighted by atomic mass is 9.82. The first kappa shape index (κ1) is 61.9. The number of nitrogens with one attached hydrogen (secondary N) is 1. The lowest BCUT2D eigenvalue weighted by Crippen LogP contribution is -2.51. The summed E-state index contributed by atoms with van der Waals surface area (Å²) in [6.45, 7) is 16.0. The fourth-order valence-electron chi connectivity index (χ4n) is 11.7. The Morgan fingerprint density at radius 2 is 1.05 bits per heavy atom. The minimum Gasteiger partial charge on any atom is -0.437 e. The first-order valence-electron chi connectivity index (χ1n) is 29.0. The summed E-state index contributed by atoms with van der Waals surface area (Å²) in [6.07, 6.45) is 11.4. The van der Waals surface area contributed by atoms with Crippen molar-refractivity contribution in [1.29, 1.82) is 0 Å². The average Bonchev–Trinajstić information content (AvgIpc) is 3.63. The van der Waals surface area contributed by atoms with Crippen molar-refractivity contribution in [2.45, 2.75) is 110 Å². The molecule has 0 atom stereocenters. The molecule has 3 aromatic carbocycles. The normalized spacial score (nSPS) is 16.9. The number of aromatic nitrogens is 3. The zero-order valence-electron chi connectivity index (χ0n) is 48.4. The lowest BCUT2D eigenvalue weighted by Gasteiger charge is -2.41. The number of amides is 3. The predicted molar refractivity (Wildman–Crippen MR) is 322 cm³/mol. The van der Waals surface area contributed by atoms with Gasteiger partial charge in [-0.25, -0.2) is 18.2 Å². The van der Waals surface area contributed by atoms with Gasteiger partial charge in [0, 0.05) is 79.3 Å². The molecule has 21 heteroatoms. The molecule has 7 heterocycles. The summed E-state index contributed by atoms with van der Waals surface area (Å²) in [6, 6.07) is 28.5. The summed E-state index contributed by atoms with van der Waals surface area (Å²) >= 11 is 0. The molecular weight excluding hydrogens is 1060 g/mol. The van der Waals surface area contributed by atoms with E-state index in [4.69, 9.17) is 5.73 Å². The number of likely N-dealkylation sites (tertiary alicyclic amines) is 2. The number of nitrogens with zero attached hydrogens (tertiary/aromatic N) is 9. The topological polar surface area (TPSA) is 188 Å². The Bertz CT molecular complexity index is 3090. The van der Waals surface area contributed by atoms with Crippen molar-refractivity contribution in [3.05, 3.63) is 173 Å². The molecule has 0 radical (unpaired) electrons. The van der Waals surface area contributed by atoms with Crippen LogP contribution in [0.15, 0.2) is 122 Å². The minimum atomic E-state index is -0.497. The Morgan fingerprint density at radius 1 is 0.578 bits per heavy atom. The van der Waals surface area contributed by atoms with E-state index < -0.39 is 7.05 Å². The third-order valence-electron chi connectivity index (χ3n) is 16.4. The van der Waals surface area contributed by atoms with E-state index in [0.717, 1.165) is 88.1 Å². The van der Waals surface area contributed by atoms with Crippen LogP contribution in [0.4, 0.5) is 36.1 Å². The second-order valence-electron chi connectivity index (χ2n) is 22.3. The SMILES string of the molecule is CB(O)N1CCC(N(C(=O)c2ccccn2)c2ccc(F)cc2C)CC1.CB(O)N1CCC(Nc2ccc(F)cc2C)CC1.Cc1cc(F)ccc1N(C(=O)c1ccccn1)C1CCN(C(=O)C2CCN(Cc3ccnc(N)c3)CC2)CC1. The maximum Gasteiger partial charge on any atom is 0.376 e. The summed E-state index contributed by atoms with van der Waals surface area (Å²) in [4.78, 5) is 64.6. The van der Waals surface area contributed by atoms with Gasteiger partial charge in [0.25, 0.3) is 11.8 Å². The van der Waals surface area contributed by atoms with Crippen LogP contribution >= 0.6 is 0 Å². The highest BCUT2D eigenvalue weighted by molar-refractivity contribution is 6.45. The van der Waals surface area contributed by atoms with Gasteiger partial charge in [-0.15, -0.1) is 0 Å². The fraction of sp³-hybridized carbons (Fsp3) is 0.419. The third kappa shape index (κ3) is 16.8. The smallest absolute Gasteiger partial charge is 0.376 e. The number of aryl methyl sites for hydroxylation is 3. The van der Waals surface area contributed by atoms with Crippen LogP contribution in [0.3, 0.4) is 0 Å². The Hall–Kier alpha value is -7.16. The van der Waals surface area contributed by atoms with Crippen molar-refractivity contribution >= 4 is 54.7 Å². The maximum absolute atomic E-state index is 13.9. The van der Waals surface area contributed by atoms with Gasteiger partial charge in [-0.05, 0) is 238 Å². The minimum absolute atomic E-state index is 0.0194. The van der Waals surface area contributed by atoms with Crippen molar-refractivity contribution in [3.8, 4) is 0 Å². The van der Waals surface area contributed by atoms with E-state index in [1.807, 2.05) is 42.6 Å². The summed E-state index contributed by atoms with van der Waals surface area (Å²) in [5.74, 6) is -0.488. The van der Waals surface area contributed by atoms with E-state index >= 15 is 0 Å². The van der Waals surface area contributed by atoms with E-state index in [9.17, 15) is 37.6 Å². The van der Waals surface area contributed by atoms with Gasteiger partial charge in [-0.1, -0.05) is 12.1 Å². The molecule has 4 saturated heterocycles. The number of piperidine rings is 4. The quantitative estimate of drug-likeness (QED) is 0.0804. The van der Waals surface area contributed by atoms with Crippen LogP contribution in [0.1, 0.15) is 94.6 Å². The van der Waals surface area contributed by atoms with E-state index in [0.29, 0.717) is 84.8 Å². The molecule has 4 fully saturated rings. The number of nitrogens with two attached hydrogens (primary N) is 1. The molecule has 3 aromatic heterocycles. The summed E-state index contributed by atoms with van der Waals surface area (Å²) in [5.41, 5.74) is 12.4. The molecule has 16 nitrogen and oxygen atoms in total. The van der Waals surface area contributed by atoms with Gasteiger partial charge in [0.05, 0.1) is 0 Å². The van der Waals surface area contributed by atoms with Crippen LogP contribution in [0, 0.1) is 44.1 Å². The number of nitrogen functional groups attached to an aromatic ring is 1. The first-order chi connectivity index (χ1) is 39.9. The maximum atomic E-state index is 13.9. The number of hydrogen-bond donors (Lipinski definition) is 4. The van der Waals surface area contributed by atoms with E-state index in [1.165, 1.54) is 30.3 Å². The molecule has 438 valence electrons. The highest BCUT2D eigenvalue weighted by Crippen LogP contribution is 2.32. The van der Waals surface area contributed by atoms with Crippen LogP contribution in [-0.4, -0.2) is 147 Å². The lowest BCUT2D eigenvalue weighted by molar-refractivity contribution is -0.138. The Labute approximate surface area is 487 Å². The largest absolute Gasteiger partial charge is 0.437 e. The molecule has 0 spiro atoms. The number of pyridine rings is 3. The molecule has 83 heavy (non-hydrogen) atoms. The average molecular weight is 1140 g/mol. The van der Waals surface area contributed by atoms with Gasteiger partial charge in [0.15, 0.2) is 0 Å². The second kappa shape index (κ2) is 29.4. The van der Waals surface area contributed by atoms with Crippen molar-refractivity contribution in [2.75, 3.05) is 73.2 Å². The molecular formula is C62H78B2F3N11O5. The molecule has 4 aliphatic heterocycles. The van der Waals surface area contributed by atoms with Gasteiger partial charge in [-0.3, -0.25) is 29.3 Å². The molecule has 0 saturated carbocycles. The van der Waals surface area contributed by atoms with E-state index in [-0.39, 0.29) is 60.2 Å². The monoisotopic (exact) mass is 1140 g/mol. The Balaban J connectivity index is 0.000000176. The summed E-state index contributed by atoms with van der Waals surface area (Å²) in [7, 11) is -0.859. The van der Waals surface area contributed by atoms with Crippen molar-refractivity contribution < 1.29 is 37.6 Å². The fourth-order valence-corrected chi connectivity index (χ4v) is 11.7. The number of halogens is 3. The molecule has 10 rings (SSSR count). The van der Waals surface area contributed by atoms with E-state index in [2.05, 4.69) is 30.0 Å². The highest BCUT2D eigenvalue weighted by atomic mass is 19.1. The zero-order valence-corrected chi connectivity index (χ0v) is 48.4. The van der Waals surface area contributed by atoms with E-state index in [1.54, 1.807) is 103 Å². The molecule has 6 aromatic rings. The predicted octanol–water partition coefficient (Wildman–Crippen LogP) is 8.93. The molecule has 0 aliphatic carbocycles. The highest BCUT2D eigenvalue weighted by Gasteiger charge is 2.36. The second-order valence-corrected chi connectivity index (χ2v) is 22.3. The Morgan fingerprint density at radius 3 is 1.49 bits per heavy atom. The standard InChI is InChI=1S/C30H35FN6O2.C19H23BFN3O2.C13H20BFN2O/c1-21-18-24(31)5-6-27(21)37(30(39)26-4-2-3-12-33-26)25-10-16-36(17-11-25)29(38)23-8-14-35(15-9-23)20-22-7-13-34-28(32)19-22;1-14-13-15(21)6-7-18(14)24(19(25)17-5-3-4-10-22-17)16-8-11-23(12-9-16)20(2)26;1-10-9-11(15)3-4-13(10)16-12-5-7-17(8-6-12)14(2)18/h2-7,12-13,18-19,23,25H,8-11,14-17,20H2,1H3,(H2,32,34);3-7,10,13,16,26H,8-9,11-12H2,1-2H3;3-4,9,12,16,18H,5-8H2,1-2H3. The molecule has 0 bridgehead atoms. The van der Waals surface area contributed by atoms with Gasteiger partial charge in [0.2, 0.25) is 5.91 Å². The van der Waals surface area contributed by atoms with Crippen LogP contribution < -0.4 is 20.9 Å². The number of anilines is 4. The van der Waals surface area contributed by atoms with Crippen LogP contribution in [0.5, 0.6) is 0 Å². The summed E-state index contributed by atoms with van der Waals surface area (Å²) in [5, 5.41) is 22.7. The zero-order chi connectivity index (χ0) is 59.2. The third-order valence-corrected chi connectivity index (χ3v) is 16.4. The number of rotatable bonds is 13. The van der Waals surface area contributed by atoms with Crippen LogP contribution in [0.25, 0.3) is 0 Å². The van der Waals surface area contributed by atoms with Crippen molar-refractivity contribution in [1.82, 2.24) is 34.4 Å². The van der Waals surface area contributed by atoms with Gasteiger partial charge in [-0.2, -0.15) is 0 Å².